The van der Waals surface area contributed by atoms with E-state index < -0.39 is 0 Å². The predicted octanol–water partition coefficient (Wildman–Crippen LogP) is 14.5. The summed E-state index contributed by atoms with van der Waals surface area (Å²) < 4.78 is 14.0. The maximum absolute atomic E-state index is 7.49. The van der Waals surface area contributed by atoms with Gasteiger partial charge in [0.15, 0.2) is 0 Å². The monoisotopic (exact) mass is 829 g/mol. The molecular formula is C58H48BN3O2. The Morgan fingerprint density at radius 1 is 0.453 bits per heavy atom. The van der Waals surface area contributed by atoms with Crippen molar-refractivity contribution in [3.63, 3.8) is 0 Å². The zero-order valence-corrected chi connectivity index (χ0v) is 37.1. The fourth-order valence-corrected chi connectivity index (χ4v) is 10.2. The normalized spacial score (nSPS) is 13.4. The highest BCUT2D eigenvalue weighted by atomic mass is 16.3. The van der Waals surface area contributed by atoms with Gasteiger partial charge in [0.25, 0.3) is 6.71 Å². The number of anilines is 9. The van der Waals surface area contributed by atoms with E-state index in [2.05, 4.69) is 226 Å². The summed E-state index contributed by atoms with van der Waals surface area (Å²) in [4.78, 5) is 7.28. The Labute approximate surface area is 374 Å². The van der Waals surface area contributed by atoms with Crippen molar-refractivity contribution in [2.75, 3.05) is 14.7 Å². The molecule has 2 aliphatic heterocycles. The molecule has 0 saturated carbocycles. The first-order valence-electron chi connectivity index (χ1n) is 22.4. The van der Waals surface area contributed by atoms with Crippen molar-refractivity contribution in [2.45, 2.75) is 52.4 Å². The first kappa shape index (κ1) is 38.3. The minimum Gasteiger partial charge on any atom is -0.467 e. The first-order valence-corrected chi connectivity index (χ1v) is 22.4. The molecule has 8 aromatic carbocycles. The number of nitrogens with zero attached hydrogens (tertiary/aromatic N) is 3. The van der Waals surface area contributed by atoms with Crippen molar-refractivity contribution < 1.29 is 8.83 Å². The Hall–Kier alpha value is -7.44. The minimum absolute atomic E-state index is 0.0147. The lowest BCUT2D eigenvalue weighted by Crippen LogP contribution is -2.61. The van der Waals surface area contributed by atoms with Gasteiger partial charge in [-0.3, -0.25) is 0 Å². The van der Waals surface area contributed by atoms with Crippen LogP contribution in [0.4, 0.5) is 51.2 Å². The zero-order valence-electron chi connectivity index (χ0n) is 37.1. The molecular weight excluding hydrogens is 781 g/mol. The van der Waals surface area contributed by atoms with Gasteiger partial charge in [0.2, 0.25) is 0 Å². The standard InChI is InChI=1S/C58H48BN3O2/c1-57(2,3)37-24-28-41(29-25-37)61-47-21-15-22-48-53(47)59(46-34-32-43(36-49(46)61)60(39-16-9-7-10-17-39)40-18-11-8-12-19-40)56-54(62(48)42-30-26-38(27-31-42)58(4,5)6)45-33-35-51-52(55(45)64-56)44-20-13-14-23-50(44)63-51/h7-36H,1-6H3. The maximum Gasteiger partial charge on any atom is 0.297 e. The number of benzene rings is 8. The molecule has 0 saturated heterocycles. The minimum atomic E-state index is -0.206. The van der Waals surface area contributed by atoms with E-state index in [1.165, 1.54) is 22.1 Å². The summed E-state index contributed by atoms with van der Waals surface area (Å²) in [5.41, 5.74) is 18.3. The fourth-order valence-electron chi connectivity index (χ4n) is 10.2. The van der Waals surface area contributed by atoms with Crippen LogP contribution in [0.1, 0.15) is 52.7 Å². The van der Waals surface area contributed by atoms with Crippen LogP contribution in [0.5, 0.6) is 0 Å². The SMILES string of the molecule is CC(C)(C)c1ccc(N2c3cc(N(c4ccccc4)c4ccccc4)ccc3B3c4oc5c(ccc6oc7ccccc7c65)c4N(c4ccc(C(C)(C)C)cc4)c4cccc2c43)cc1. The number of para-hydroxylation sites is 3. The van der Waals surface area contributed by atoms with Crippen LogP contribution in [-0.4, -0.2) is 6.71 Å². The second kappa shape index (κ2) is 14.0. The summed E-state index contributed by atoms with van der Waals surface area (Å²) in [7, 11) is 0. The molecule has 0 unspecified atom stereocenters. The molecule has 0 aliphatic carbocycles. The smallest absolute Gasteiger partial charge is 0.297 e. The summed E-state index contributed by atoms with van der Waals surface area (Å²) in [6.45, 7) is 13.4. The van der Waals surface area contributed by atoms with Crippen LogP contribution in [0.2, 0.25) is 0 Å². The highest BCUT2D eigenvalue weighted by Crippen LogP contribution is 2.49. The Morgan fingerprint density at radius 3 is 1.66 bits per heavy atom. The summed E-state index contributed by atoms with van der Waals surface area (Å²) in [6, 6.07) is 66.1. The molecule has 6 heteroatoms. The van der Waals surface area contributed by atoms with E-state index in [0.717, 1.165) is 89.8 Å². The highest BCUT2D eigenvalue weighted by Gasteiger charge is 2.47. The van der Waals surface area contributed by atoms with Crippen LogP contribution in [-0.2, 0) is 10.8 Å². The summed E-state index contributed by atoms with van der Waals surface area (Å²) in [5.74, 6) is 0. The average Bonchev–Trinajstić information content (AvgIpc) is 3.88. The van der Waals surface area contributed by atoms with Crippen LogP contribution in [0.15, 0.2) is 191 Å². The predicted molar refractivity (Wildman–Crippen MR) is 270 cm³/mol. The Kier molecular flexibility index (Phi) is 8.39. The van der Waals surface area contributed by atoms with E-state index in [1.54, 1.807) is 0 Å². The van der Waals surface area contributed by atoms with E-state index >= 15 is 0 Å². The van der Waals surface area contributed by atoms with Crippen LogP contribution >= 0.6 is 0 Å². The molecule has 4 heterocycles. The number of fused-ring (bicyclic) bond motifs is 10. The molecule has 64 heavy (non-hydrogen) atoms. The lowest BCUT2D eigenvalue weighted by atomic mass is 9.35. The van der Waals surface area contributed by atoms with Crippen molar-refractivity contribution in [3.05, 3.63) is 193 Å². The third-order valence-electron chi connectivity index (χ3n) is 13.3. The third kappa shape index (κ3) is 5.85. The van der Waals surface area contributed by atoms with Gasteiger partial charge in [-0.25, -0.2) is 0 Å². The highest BCUT2D eigenvalue weighted by molar-refractivity contribution is 7.00. The Balaban J connectivity index is 1.16. The van der Waals surface area contributed by atoms with Gasteiger partial charge in [0, 0.05) is 56.3 Å². The molecule has 12 rings (SSSR count). The van der Waals surface area contributed by atoms with Crippen molar-refractivity contribution in [3.8, 4) is 0 Å². The van der Waals surface area contributed by atoms with Crippen molar-refractivity contribution in [1.29, 1.82) is 0 Å². The second-order valence-electron chi connectivity index (χ2n) is 19.4. The summed E-state index contributed by atoms with van der Waals surface area (Å²) >= 11 is 0. The van der Waals surface area contributed by atoms with Gasteiger partial charge in [0.1, 0.15) is 16.7 Å². The molecule has 0 amide bonds. The van der Waals surface area contributed by atoms with Gasteiger partial charge >= 0.3 is 0 Å². The van der Waals surface area contributed by atoms with E-state index in [-0.39, 0.29) is 17.5 Å². The second-order valence-corrected chi connectivity index (χ2v) is 19.4. The molecule has 0 atom stereocenters. The first-order chi connectivity index (χ1) is 31.0. The summed E-state index contributed by atoms with van der Waals surface area (Å²) in [6.07, 6.45) is 0. The topological polar surface area (TPSA) is 36.0 Å². The number of hydrogen-bond donors (Lipinski definition) is 0. The maximum atomic E-state index is 7.49. The van der Waals surface area contributed by atoms with Crippen LogP contribution in [0.25, 0.3) is 32.9 Å². The Bertz CT molecular complexity index is 3370. The quantitative estimate of drug-likeness (QED) is 0.162. The number of rotatable bonds is 5. The fraction of sp³-hybridized carbons (Fsp3) is 0.138. The van der Waals surface area contributed by atoms with Gasteiger partial charge in [-0.05, 0) is 124 Å². The van der Waals surface area contributed by atoms with Gasteiger partial charge in [0.05, 0.1) is 16.7 Å². The molecule has 0 radical (unpaired) electrons. The van der Waals surface area contributed by atoms with E-state index in [4.69, 9.17) is 8.83 Å². The lowest BCUT2D eigenvalue weighted by Gasteiger charge is -2.43. The van der Waals surface area contributed by atoms with Gasteiger partial charge < -0.3 is 23.5 Å². The van der Waals surface area contributed by atoms with Crippen LogP contribution in [0, 0.1) is 0 Å². The van der Waals surface area contributed by atoms with E-state index in [0.29, 0.717) is 0 Å². The van der Waals surface area contributed by atoms with Gasteiger partial charge in [-0.2, -0.15) is 0 Å². The lowest BCUT2D eigenvalue weighted by molar-refractivity contribution is 0.590. The van der Waals surface area contributed by atoms with Crippen molar-refractivity contribution >= 4 is 107 Å². The number of hydrogen-bond acceptors (Lipinski definition) is 5. The molecule has 2 aliphatic rings. The number of furan rings is 2. The average molecular weight is 830 g/mol. The van der Waals surface area contributed by atoms with Gasteiger partial charge in [-0.15, -0.1) is 0 Å². The molecule has 0 bridgehead atoms. The largest absolute Gasteiger partial charge is 0.467 e. The molecule has 0 spiro atoms. The van der Waals surface area contributed by atoms with Crippen molar-refractivity contribution in [2.24, 2.45) is 0 Å². The van der Waals surface area contributed by atoms with Crippen LogP contribution < -0.4 is 31.3 Å². The van der Waals surface area contributed by atoms with E-state index in [9.17, 15) is 0 Å². The Morgan fingerprint density at radius 2 is 1.03 bits per heavy atom. The van der Waals surface area contributed by atoms with Crippen molar-refractivity contribution in [1.82, 2.24) is 0 Å². The zero-order chi connectivity index (χ0) is 43.5. The molecule has 310 valence electrons. The third-order valence-corrected chi connectivity index (χ3v) is 13.3. The molecule has 0 N–H and O–H groups in total. The molecule has 2 aromatic heterocycles. The van der Waals surface area contributed by atoms with E-state index in [1.807, 2.05) is 12.1 Å². The molecule has 10 aromatic rings. The van der Waals surface area contributed by atoms with Crippen LogP contribution in [0.3, 0.4) is 0 Å². The molecule has 5 nitrogen and oxygen atoms in total. The molecule has 0 fully saturated rings. The van der Waals surface area contributed by atoms with Gasteiger partial charge in [-0.1, -0.05) is 133 Å². The summed E-state index contributed by atoms with van der Waals surface area (Å²) in [5, 5.41) is 3.11.